The van der Waals surface area contributed by atoms with Crippen molar-refractivity contribution in [3.05, 3.63) is 29.1 Å². The first-order valence-electron chi connectivity index (χ1n) is 4.96. The lowest BCUT2D eigenvalue weighted by Gasteiger charge is -2.21. The number of benzene rings is 1. The highest BCUT2D eigenvalue weighted by molar-refractivity contribution is 8.89. The first kappa shape index (κ1) is 15.2. The third-order valence-corrected chi connectivity index (χ3v) is 9.18. The van der Waals surface area contributed by atoms with Crippen molar-refractivity contribution < 1.29 is 31.0 Å². The van der Waals surface area contributed by atoms with Crippen molar-refractivity contribution in [1.29, 1.82) is 0 Å². The molecule has 0 saturated carbocycles. The lowest BCUT2D eigenvalue weighted by atomic mass is 10.3. The second-order valence-electron chi connectivity index (χ2n) is 3.46. The zero-order valence-corrected chi connectivity index (χ0v) is 11.6. The van der Waals surface area contributed by atoms with Crippen LogP contribution >= 0.6 is 28.5 Å². The Kier molecular flexibility index (Phi) is 4.49. The van der Waals surface area contributed by atoms with Gasteiger partial charge in [0.15, 0.2) is 23.3 Å². The Morgan fingerprint density at radius 3 is 2.00 bits per heavy atom. The van der Waals surface area contributed by atoms with Crippen LogP contribution in [-0.2, 0) is 9.09 Å². The van der Waals surface area contributed by atoms with Crippen LogP contribution in [0.1, 0.15) is 6.42 Å². The van der Waals surface area contributed by atoms with E-state index in [9.17, 15) is 26.5 Å². The molecule has 0 amide bonds. The van der Waals surface area contributed by atoms with Gasteiger partial charge in [-0.1, -0.05) is 11.4 Å². The summed E-state index contributed by atoms with van der Waals surface area (Å²) in [6.45, 7) is 0.118. The van der Waals surface area contributed by atoms with Gasteiger partial charge in [0.2, 0.25) is 5.82 Å². The molecule has 1 aliphatic heterocycles. The minimum Gasteiger partial charge on any atom is -0.313 e. The molecule has 0 aromatic heterocycles. The SMILES string of the molecule is O=P1(Sc2c(F)c(F)c(F)c(F)c2F)OCCCS1. The topological polar surface area (TPSA) is 26.3 Å². The zero-order valence-electron chi connectivity index (χ0n) is 9.09. The number of halogens is 5. The Morgan fingerprint density at radius 1 is 1.00 bits per heavy atom. The summed E-state index contributed by atoms with van der Waals surface area (Å²) in [5.41, 5.74) is 0. The van der Waals surface area contributed by atoms with Crippen molar-refractivity contribution in [3.63, 3.8) is 0 Å². The maximum atomic E-state index is 13.4. The molecule has 1 saturated heterocycles. The van der Waals surface area contributed by atoms with Gasteiger partial charge in [0, 0.05) is 5.75 Å². The summed E-state index contributed by atoms with van der Waals surface area (Å²) in [7, 11) is 0. The summed E-state index contributed by atoms with van der Waals surface area (Å²) < 4.78 is 82.5. The molecule has 1 aliphatic rings. The van der Waals surface area contributed by atoms with Crippen LogP contribution in [0.4, 0.5) is 22.0 Å². The minimum absolute atomic E-state index is 0.0568. The second kappa shape index (κ2) is 5.63. The molecule has 0 spiro atoms. The van der Waals surface area contributed by atoms with E-state index < -0.39 is 39.8 Å². The Bertz CT molecular complexity index is 529. The van der Waals surface area contributed by atoms with E-state index in [-0.39, 0.29) is 18.0 Å². The highest BCUT2D eigenvalue weighted by Gasteiger charge is 2.35. The molecule has 1 aromatic rings. The van der Waals surface area contributed by atoms with Crippen LogP contribution in [0.3, 0.4) is 0 Å². The summed E-state index contributed by atoms with van der Waals surface area (Å²) in [6, 6.07) is 0. The van der Waals surface area contributed by atoms with E-state index >= 15 is 0 Å². The van der Waals surface area contributed by atoms with E-state index in [2.05, 4.69) is 0 Å². The van der Waals surface area contributed by atoms with E-state index in [1.165, 1.54) is 0 Å². The lowest BCUT2D eigenvalue weighted by Crippen LogP contribution is -2.04. The Labute approximate surface area is 113 Å². The maximum absolute atomic E-state index is 13.4. The number of hydrogen-bond donors (Lipinski definition) is 0. The molecule has 0 bridgehead atoms. The average Bonchev–Trinajstić information content (AvgIpc) is 2.40. The maximum Gasteiger partial charge on any atom is 0.318 e. The van der Waals surface area contributed by atoms with Crippen LogP contribution in [0.15, 0.2) is 4.90 Å². The quantitative estimate of drug-likeness (QED) is 0.337. The molecule has 106 valence electrons. The summed E-state index contributed by atoms with van der Waals surface area (Å²) in [5.74, 6) is -13.5. The van der Waals surface area contributed by atoms with Crippen molar-refractivity contribution in [2.45, 2.75) is 11.3 Å². The highest BCUT2D eigenvalue weighted by Crippen LogP contribution is 2.74. The van der Waals surface area contributed by atoms with Crippen LogP contribution in [0.25, 0.3) is 0 Å². The van der Waals surface area contributed by atoms with E-state index in [0.717, 1.165) is 11.4 Å². The molecule has 0 aliphatic carbocycles. The summed E-state index contributed by atoms with van der Waals surface area (Å²) in [6.07, 6.45) is 0.603. The number of rotatable bonds is 2. The molecule has 1 unspecified atom stereocenters. The first-order chi connectivity index (χ1) is 8.86. The van der Waals surface area contributed by atoms with Gasteiger partial charge in [0.1, 0.15) is 0 Å². The smallest absolute Gasteiger partial charge is 0.313 e. The molecule has 19 heavy (non-hydrogen) atoms. The van der Waals surface area contributed by atoms with E-state index in [0.29, 0.717) is 12.2 Å². The molecule has 1 heterocycles. The van der Waals surface area contributed by atoms with E-state index in [1.807, 2.05) is 0 Å². The molecule has 1 aromatic carbocycles. The Hall–Kier alpha value is -0.240. The fourth-order valence-corrected chi connectivity index (χ4v) is 7.86. The first-order valence-corrected chi connectivity index (χ1v) is 9.59. The van der Waals surface area contributed by atoms with E-state index in [4.69, 9.17) is 4.52 Å². The van der Waals surface area contributed by atoms with Crippen molar-refractivity contribution >= 4 is 28.5 Å². The van der Waals surface area contributed by atoms with E-state index in [1.54, 1.807) is 0 Å². The van der Waals surface area contributed by atoms with Crippen LogP contribution < -0.4 is 0 Å². The van der Waals surface area contributed by atoms with Gasteiger partial charge in [0.25, 0.3) is 0 Å². The van der Waals surface area contributed by atoms with Crippen molar-refractivity contribution in [1.82, 2.24) is 0 Å². The average molecular weight is 336 g/mol. The normalized spacial score (nSPS) is 23.6. The fourth-order valence-electron chi connectivity index (χ4n) is 1.28. The van der Waals surface area contributed by atoms with Gasteiger partial charge in [-0.05, 0) is 17.8 Å². The molecule has 10 heteroatoms. The molecule has 2 nitrogen and oxygen atoms in total. The van der Waals surface area contributed by atoms with Gasteiger partial charge in [-0.15, -0.1) is 0 Å². The third kappa shape index (κ3) is 2.94. The van der Waals surface area contributed by atoms with Gasteiger partial charge in [0.05, 0.1) is 11.5 Å². The molecule has 2 rings (SSSR count). The largest absolute Gasteiger partial charge is 0.318 e. The van der Waals surface area contributed by atoms with Gasteiger partial charge < -0.3 is 4.52 Å². The zero-order chi connectivity index (χ0) is 14.2. The highest BCUT2D eigenvalue weighted by atomic mass is 33.1. The van der Waals surface area contributed by atoms with Crippen LogP contribution in [0.5, 0.6) is 0 Å². The van der Waals surface area contributed by atoms with Gasteiger partial charge in [-0.2, -0.15) is 0 Å². The summed E-state index contributed by atoms with van der Waals surface area (Å²) in [5, 5.41) is 0. The van der Waals surface area contributed by atoms with Gasteiger partial charge >= 0.3 is 5.77 Å². The second-order valence-corrected chi connectivity index (χ2v) is 10.8. The van der Waals surface area contributed by atoms with Gasteiger partial charge in [-0.3, -0.25) is 4.57 Å². The fraction of sp³-hybridized carbons (Fsp3) is 0.333. The number of hydrogen-bond acceptors (Lipinski definition) is 4. The Morgan fingerprint density at radius 2 is 1.53 bits per heavy atom. The van der Waals surface area contributed by atoms with Gasteiger partial charge in [-0.25, -0.2) is 22.0 Å². The molecular weight excluding hydrogens is 330 g/mol. The summed E-state index contributed by atoms with van der Waals surface area (Å²) >= 11 is 0.875. The van der Waals surface area contributed by atoms with Crippen LogP contribution in [0.2, 0.25) is 0 Å². The van der Waals surface area contributed by atoms with Crippen LogP contribution in [0, 0.1) is 29.1 Å². The molecule has 1 atom stereocenters. The molecule has 1 fully saturated rings. The van der Waals surface area contributed by atoms with Crippen molar-refractivity contribution in [3.8, 4) is 0 Å². The predicted molar refractivity (Wildman–Crippen MR) is 62.7 cm³/mol. The minimum atomic E-state index is -3.55. The molecule has 0 radical (unpaired) electrons. The molecular formula is C9H6F5O2PS2. The standard InChI is InChI=1S/C9H6F5O2PS2/c10-4-5(11)7(13)9(8(14)6(4)12)19-17(15)16-2-1-3-18-17/h1-3H2. The summed E-state index contributed by atoms with van der Waals surface area (Å²) in [4.78, 5) is -1.17. The molecule has 0 N–H and O–H groups in total. The van der Waals surface area contributed by atoms with Crippen LogP contribution in [-0.4, -0.2) is 12.4 Å². The van der Waals surface area contributed by atoms with Crippen molar-refractivity contribution in [2.24, 2.45) is 0 Å². The lowest BCUT2D eigenvalue weighted by molar-refractivity contribution is 0.331. The Balaban J connectivity index is 2.43. The third-order valence-electron chi connectivity index (χ3n) is 2.16. The predicted octanol–water partition coefficient (Wildman–Crippen LogP) is 4.74. The van der Waals surface area contributed by atoms with Crippen molar-refractivity contribution in [2.75, 3.05) is 12.4 Å². The monoisotopic (exact) mass is 336 g/mol.